The van der Waals surface area contributed by atoms with E-state index in [1.54, 1.807) is 18.3 Å². The zero-order chi connectivity index (χ0) is 10.5. The van der Waals surface area contributed by atoms with E-state index in [-0.39, 0.29) is 5.25 Å². The highest BCUT2D eigenvalue weighted by molar-refractivity contribution is 7.90. The van der Waals surface area contributed by atoms with Crippen LogP contribution in [-0.4, -0.2) is 27.8 Å². The molecule has 6 heteroatoms. The Kier molecular flexibility index (Phi) is 1.64. The van der Waals surface area contributed by atoms with E-state index in [1.807, 2.05) is 0 Å². The molecule has 0 radical (unpaired) electrons. The third kappa shape index (κ3) is 1.25. The maximum Gasteiger partial charge on any atom is 0.257 e. The zero-order valence-electron chi connectivity index (χ0n) is 7.87. The van der Waals surface area contributed by atoms with E-state index in [0.717, 1.165) is 16.9 Å². The first-order chi connectivity index (χ1) is 7.19. The Morgan fingerprint density at radius 1 is 1.40 bits per heavy atom. The fraction of sp³-hybridized carbons (Fsp3) is 0.333. The van der Waals surface area contributed by atoms with Gasteiger partial charge >= 0.3 is 0 Å². The van der Waals surface area contributed by atoms with Crippen LogP contribution in [0.25, 0.3) is 11.0 Å². The summed E-state index contributed by atoms with van der Waals surface area (Å²) < 4.78 is 25.0. The fourth-order valence-electron chi connectivity index (χ4n) is 1.55. The highest BCUT2D eigenvalue weighted by atomic mass is 32.2. The number of hydrogen-bond acceptors (Lipinski definition) is 4. The molecule has 0 amide bonds. The Bertz CT molecular complexity index is 613. The lowest BCUT2D eigenvalue weighted by Crippen LogP contribution is -2.18. The second kappa shape index (κ2) is 2.79. The van der Waals surface area contributed by atoms with Gasteiger partial charge in [0.25, 0.3) is 10.0 Å². The zero-order valence-corrected chi connectivity index (χ0v) is 8.68. The Morgan fingerprint density at radius 2 is 2.20 bits per heavy atom. The molecule has 1 saturated carbocycles. The van der Waals surface area contributed by atoms with Crippen LogP contribution >= 0.6 is 0 Å². The first-order valence-corrected chi connectivity index (χ1v) is 6.23. The molecular weight excluding hydrogens is 214 g/mol. The molecule has 3 rings (SSSR count). The molecule has 0 atom stereocenters. The summed E-state index contributed by atoms with van der Waals surface area (Å²) in [4.78, 5) is 4.05. The highest BCUT2D eigenvalue weighted by Crippen LogP contribution is 2.30. The van der Waals surface area contributed by atoms with Crippen molar-refractivity contribution in [1.29, 1.82) is 0 Å². The van der Waals surface area contributed by atoms with E-state index >= 15 is 0 Å². The van der Waals surface area contributed by atoms with Gasteiger partial charge in [-0.1, -0.05) is 0 Å². The average Bonchev–Trinajstić information content (AvgIpc) is 2.98. The fourth-order valence-corrected chi connectivity index (χ4v) is 3.17. The topological polar surface area (TPSA) is 64.8 Å². The van der Waals surface area contributed by atoms with E-state index in [2.05, 4.69) is 10.1 Å². The third-order valence-electron chi connectivity index (χ3n) is 2.49. The lowest BCUT2D eigenvalue weighted by Gasteiger charge is -2.02. The molecule has 78 valence electrons. The van der Waals surface area contributed by atoms with E-state index in [9.17, 15) is 8.42 Å². The monoisotopic (exact) mass is 223 g/mol. The van der Waals surface area contributed by atoms with Gasteiger partial charge in [-0.2, -0.15) is 9.19 Å². The van der Waals surface area contributed by atoms with Gasteiger partial charge in [-0.25, -0.2) is 8.42 Å². The molecule has 0 saturated heterocycles. The van der Waals surface area contributed by atoms with Crippen LogP contribution in [-0.2, 0) is 10.0 Å². The maximum absolute atomic E-state index is 11.9. The summed E-state index contributed by atoms with van der Waals surface area (Å²) in [6.07, 6.45) is 4.58. The van der Waals surface area contributed by atoms with Gasteiger partial charge < -0.3 is 0 Å². The summed E-state index contributed by atoms with van der Waals surface area (Å²) in [6.45, 7) is 0. The number of pyridine rings is 1. The van der Waals surface area contributed by atoms with Crippen molar-refractivity contribution in [3.63, 3.8) is 0 Å². The van der Waals surface area contributed by atoms with Gasteiger partial charge in [0.1, 0.15) is 11.0 Å². The smallest absolute Gasteiger partial charge is 0.253 e. The third-order valence-corrected chi connectivity index (χ3v) is 4.58. The van der Waals surface area contributed by atoms with Crippen molar-refractivity contribution in [2.24, 2.45) is 0 Å². The number of nitrogens with zero attached hydrogens (tertiary/aromatic N) is 3. The molecule has 2 aromatic rings. The van der Waals surface area contributed by atoms with Crippen molar-refractivity contribution < 1.29 is 8.42 Å². The predicted octanol–water partition coefficient (Wildman–Crippen LogP) is 0.772. The van der Waals surface area contributed by atoms with E-state index < -0.39 is 10.0 Å². The van der Waals surface area contributed by atoms with Crippen LogP contribution in [0.1, 0.15) is 12.8 Å². The van der Waals surface area contributed by atoms with Crippen LogP contribution < -0.4 is 0 Å². The van der Waals surface area contributed by atoms with Gasteiger partial charge in [0.05, 0.1) is 11.4 Å². The van der Waals surface area contributed by atoms with Crippen LogP contribution in [0.4, 0.5) is 0 Å². The van der Waals surface area contributed by atoms with Crippen LogP contribution in [0.15, 0.2) is 24.5 Å². The number of hydrogen-bond donors (Lipinski definition) is 0. The van der Waals surface area contributed by atoms with Crippen LogP contribution in [0.2, 0.25) is 0 Å². The maximum atomic E-state index is 11.9. The summed E-state index contributed by atoms with van der Waals surface area (Å²) >= 11 is 0. The Labute approximate surface area is 86.8 Å². The Morgan fingerprint density at radius 3 is 2.93 bits per heavy atom. The van der Waals surface area contributed by atoms with Gasteiger partial charge in [-0.3, -0.25) is 4.98 Å². The van der Waals surface area contributed by atoms with Crippen molar-refractivity contribution in [2.45, 2.75) is 18.1 Å². The van der Waals surface area contributed by atoms with Gasteiger partial charge in [0.2, 0.25) is 0 Å². The number of fused-ring (bicyclic) bond motifs is 1. The largest absolute Gasteiger partial charge is 0.257 e. The molecule has 5 nitrogen and oxygen atoms in total. The Balaban J connectivity index is 2.27. The molecule has 0 spiro atoms. The molecule has 0 aliphatic heterocycles. The van der Waals surface area contributed by atoms with Crippen LogP contribution in [0.5, 0.6) is 0 Å². The SMILES string of the molecule is O=S(=O)(C1CC1)n1ncc2ncccc21. The molecule has 2 heterocycles. The summed E-state index contributed by atoms with van der Waals surface area (Å²) in [7, 11) is -3.28. The molecular formula is C9H9N3O2S. The van der Waals surface area contributed by atoms with Crippen molar-refractivity contribution in [3.05, 3.63) is 24.5 Å². The van der Waals surface area contributed by atoms with E-state index in [4.69, 9.17) is 0 Å². The van der Waals surface area contributed by atoms with E-state index in [1.165, 1.54) is 6.20 Å². The summed E-state index contributed by atoms with van der Waals surface area (Å²) in [5.41, 5.74) is 1.17. The normalized spacial score (nSPS) is 17.1. The molecule has 1 aliphatic rings. The lowest BCUT2D eigenvalue weighted by atomic mass is 10.4. The van der Waals surface area contributed by atoms with Crippen molar-refractivity contribution in [3.8, 4) is 0 Å². The average molecular weight is 223 g/mol. The number of aromatic nitrogens is 3. The van der Waals surface area contributed by atoms with Crippen LogP contribution in [0.3, 0.4) is 0 Å². The number of rotatable bonds is 2. The second-order valence-corrected chi connectivity index (χ2v) is 5.68. The lowest BCUT2D eigenvalue weighted by molar-refractivity contribution is 0.581. The van der Waals surface area contributed by atoms with Gasteiger partial charge in [-0.15, -0.1) is 0 Å². The van der Waals surface area contributed by atoms with Gasteiger partial charge in [0.15, 0.2) is 0 Å². The molecule has 0 unspecified atom stereocenters. The van der Waals surface area contributed by atoms with Crippen molar-refractivity contribution in [2.75, 3.05) is 0 Å². The molecule has 15 heavy (non-hydrogen) atoms. The minimum Gasteiger partial charge on any atom is -0.253 e. The summed E-state index contributed by atoms with van der Waals surface area (Å²) in [6, 6.07) is 3.43. The van der Waals surface area contributed by atoms with Crippen molar-refractivity contribution >= 4 is 21.1 Å². The molecule has 0 bridgehead atoms. The minimum atomic E-state index is -3.28. The summed E-state index contributed by atoms with van der Waals surface area (Å²) in [5, 5.41) is 3.65. The van der Waals surface area contributed by atoms with E-state index in [0.29, 0.717) is 11.0 Å². The second-order valence-electron chi connectivity index (χ2n) is 3.64. The quantitative estimate of drug-likeness (QED) is 0.754. The highest BCUT2D eigenvalue weighted by Gasteiger charge is 2.38. The van der Waals surface area contributed by atoms with Crippen molar-refractivity contribution in [1.82, 2.24) is 14.2 Å². The van der Waals surface area contributed by atoms with Gasteiger partial charge in [-0.05, 0) is 25.0 Å². The first kappa shape index (κ1) is 8.84. The van der Waals surface area contributed by atoms with Gasteiger partial charge in [0, 0.05) is 6.20 Å². The van der Waals surface area contributed by atoms with Crippen LogP contribution in [0, 0.1) is 0 Å². The molecule has 1 fully saturated rings. The molecule has 0 N–H and O–H groups in total. The molecule has 2 aromatic heterocycles. The first-order valence-electron chi connectivity index (χ1n) is 4.73. The summed E-state index contributed by atoms with van der Waals surface area (Å²) in [5.74, 6) is 0. The predicted molar refractivity (Wildman–Crippen MR) is 54.9 cm³/mol. The molecule has 1 aliphatic carbocycles. The minimum absolute atomic E-state index is 0.249. The Hall–Kier alpha value is -1.43. The standard InChI is InChI=1S/C9H9N3O2S/c13-15(14,7-3-4-7)12-9-2-1-5-10-8(9)6-11-12/h1-2,5-7H,3-4H2. The molecule has 0 aromatic carbocycles.